The van der Waals surface area contributed by atoms with E-state index in [-0.39, 0.29) is 11.1 Å². The van der Waals surface area contributed by atoms with Crippen molar-refractivity contribution in [2.75, 3.05) is 0 Å². The van der Waals surface area contributed by atoms with Crippen LogP contribution in [0, 0.1) is 15.5 Å². The predicted octanol–water partition coefficient (Wildman–Crippen LogP) is 2.54. The maximum Gasteiger partial charge on any atom is 0.269 e. The molecule has 88 valence electrons. The first-order valence-electron chi connectivity index (χ1n) is 5.22. The van der Waals surface area contributed by atoms with Crippen molar-refractivity contribution in [3.63, 3.8) is 0 Å². The zero-order chi connectivity index (χ0) is 12.3. The molecule has 0 radical (unpaired) electrons. The molecule has 1 atom stereocenters. The summed E-state index contributed by atoms with van der Waals surface area (Å²) in [5.74, 6) is 0. The molecule has 4 nitrogen and oxygen atoms in total. The van der Waals surface area contributed by atoms with E-state index in [2.05, 4.69) is 0 Å². The zero-order valence-corrected chi connectivity index (χ0v) is 9.80. The van der Waals surface area contributed by atoms with Crippen molar-refractivity contribution >= 4 is 5.69 Å². The topological polar surface area (TPSA) is 63.4 Å². The lowest BCUT2D eigenvalue weighted by Gasteiger charge is -2.25. The first-order chi connectivity index (χ1) is 7.30. The number of hydrogen-bond acceptors (Lipinski definition) is 3. The molecule has 0 saturated heterocycles. The predicted molar refractivity (Wildman–Crippen MR) is 62.3 cm³/mol. The van der Waals surface area contributed by atoms with E-state index in [1.165, 1.54) is 12.1 Å². The number of nitrogens with zero attached hydrogens (tertiary/aromatic N) is 1. The lowest BCUT2D eigenvalue weighted by Crippen LogP contribution is -2.27. The molecule has 0 bridgehead atoms. The van der Waals surface area contributed by atoms with Gasteiger partial charge in [0.25, 0.3) is 5.69 Å². The molecule has 16 heavy (non-hydrogen) atoms. The molecule has 1 aromatic rings. The van der Waals surface area contributed by atoms with Gasteiger partial charge in [0.15, 0.2) is 0 Å². The summed E-state index contributed by atoms with van der Waals surface area (Å²) in [6.07, 6.45) is 0.0653. The Labute approximate surface area is 95.1 Å². The van der Waals surface area contributed by atoms with Crippen LogP contribution in [0.4, 0.5) is 5.69 Å². The summed E-state index contributed by atoms with van der Waals surface area (Å²) < 4.78 is 0. The number of nitro benzene ring substituents is 1. The van der Waals surface area contributed by atoms with Gasteiger partial charge in [0.1, 0.15) is 0 Å². The van der Waals surface area contributed by atoms with Crippen molar-refractivity contribution in [1.82, 2.24) is 0 Å². The summed E-state index contributed by atoms with van der Waals surface area (Å²) in [6, 6.07) is 6.30. The summed E-state index contributed by atoms with van der Waals surface area (Å²) in [7, 11) is 0. The van der Waals surface area contributed by atoms with Crippen LogP contribution >= 0.6 is 0 Å². The lowest BCUT2D eigenvalue weighted by atomic mass is 9.85. The molecule has 1 aromatic carbocycles. The van der Waals surface area contributed by atoms with Crippen molar-refractivity contribution in [2.24, 2.45) is 5.41 Å². The first-order valence-corrected chi connectivity index (χ1v) is 5.22. The van der Waals surface area contributed by atoms with Crippen LogP contribution in [0.15, 0.2) is 24.3 Å². The Balaban J connectivity index is 2.73. The summed E-state index contributed by atoms with van der Waals surface area (Å²) in [5.41, 5.74) is 0.809. The highest BCUT2D eigenvalue weighted by Gasteiger charge is 2.22. The molecule has 1 N–H and O–H groups in total. The number of hydrogen-bond donors (Lipinski definition) is 1. The minimum absolute atomic E-state index is 0.0778. The summed E-state index contributed by atoms with van der Waals surface area (Å²) in [4.78, 5) is 10.0. The Kier molecular flexibility index (Phi) is 3.65. The molecule has 0 amide bonds. The van der Waals surface area contributed by atoms with Crippen LogP contribution in [0.3, 0.4) is 0 Å². The number of nitro groups is 1. The molecule has 0 aliphatic heterocycles. The molecule has 1 rings (SSSR count). The first kappa shape index (κ1) is 12.6. The van der Waals surface area contributed by atoms with Crippen LogP contribution in [-0.2, 0) is 6.42 Å². The summed E-state index contributed by atoms with van der Waals surface area (Å²) >= 11 is 0. The van der Waals surface area contributed by atoms with Gasteiger partial charge < -0.3 is 5.11 Å². The van der Waals surface area contributed by atoms with Crippen molar-refractivity contribution in [2.45, 2.75) is 33.3 Å². The second-order valence-electron chi connectivity index (χ2n) is 5.01. The quantitative estimate of drug-likeness (QED) is 0.632. The van der Waals surface area contributed by atoms with Crippen LogP contribution in [0.25, 0.3) is 0 Å². The van der Waals surface area contributed by atoms with Gasteiger partial charge in [-0.25, -0.2) is 0 Å². The number of benzene rings is 1. The number of aliphatic hydroxyl groups excluding tert-OH is 1. The van der Waals surface area contributed by atoms with E-state index in [9.17, 15) is 15.2 Å². The second kappa shape index (κ2) is 4.61. The Bertz CT molecular complexity index is 365. The average molecular weight is 223 g/mol. The molecule has 0 aliphatic rings. The molecule has 0 aromatic heterocycles. The summed E-state index contributed by atoms with van der Waals surface area (Å²) in [5, 5.41) is 20.3. The highest BCUT2D eigenvalue weighted by atomic mass is 16.6. The SMILES string of the molecule is CC(C)(C)[C@@H](O)Cc1ccc([N+](=O)[O-])cc1. The highest BCUT2D eigenvalue weighted by Crippen LogP contribution is 2.23. The molecule has 0 heterocycles. The number of rotatable bonds is 3. The summed E-state index contributed by atoms with van der Waals surface area (Å²) in [6.45, 7) is 5.88. The fraction of sp³-hybridized carbons (Fsp3) is 0.500. The fourth-order valence-corrected chi connectivity index (χ4v) is 1.28. The van der Waals surface area contributed by atoms with Gasteiger partial charge >= 0.3 is 0 Å². The largest absolute Gasteiger partial charge is 0.392 e. The molecular formula is C12H17NO3. The molecule has 0 unspecified atom stereocenters. The zero-order valence-electron chi connectivity index (χ0n) is 9.80. The molecule has 0 fully saturated rings. The normalized spacial score (nSPS) is 13.5. The van der Waals surface area contributed by atoms with Crippen LogP contribution < -0.4 is 0 Å². The fourth-order valence-electron chi connectivity index (χ4n) is 1.28. The van der Waals surface area contributed by atoms with Crippen LogP contribution in [0.2, 0.25) is 0 Å². The van der Waals surface area contributed by atoms with E-state index < -0.39 is 11.0 Å². The minimum Gasteiger partial charge on any atom is -0.392 e. The van der Waals surface area contributed by atoms with Gasteiger partial charge in [-0.3, -0.25) is 10.1 Å². The van der Waals surface area contributed by atoms with Crippen molar-refractivity contribution < 1.29 is 10.0 Å². The van der Waals surface area contributed by atoms with E-state index in [1.807, 2.05) is 20.8 Å². The molecule has 4 heteroatoms. The molecular weight excluding hydrogens is 206 g/mol. The molecule has 0 aliphatic carbocycles. The smallest absolute Gasteiger partial charge is 0.269 e. The van der Waals surface area contributed by atoms with E-state index in [1.54, 1.807) is 12.1 Å². The van der Waals surface area contributed by atoms with Crippen molar-refractivity contribution in [1.29, 1.82) is 0 Å². The third-order valence-corrected chi connectivity index (χ3v) is 2.58. The maximum atomic E-state index is 10.4. The van der Waals surface area contributed by atoms with Crippen molar-refractivity contribution in [3.05, 3.63) is 39.9 Å². The number of aliphatic hydroxyl groups is 1. The van der Waals surface area contributed by atoms with E-state index in [4.69, 9.17) is 0 Å². The van der Waals surface area contributed by atoms with Gasteiger partial charge in [-0.2, -0.15) is 0 Å². The van der Waals surface area contributed by atoms with Gasteiger partial charge in [-0.15, -0.1) is 0 Å². The molecule has 0 saturated carbocycles. The maximum absolute atomic E-state index is 10.4. The van der Waals surface area contributed by atoms with Crippen molar-refractivity contribution in [3.8, 4) is 0 Å². The van der Waals surface area contributed by atoms with E-state index >= 15 is 0 Å². The monoisotopic (exact) mass is 223 g/mol. The average Bonchev–Trinajstić information content (AvgIpc) is 2.17. The Morgan fingerprint density at radius 1 is 1.31 bits per heavy atom. The Morgan fingerprint density at radius 2 is 1.81 bits per heavy atom. The Hall–Kier alpha value is -1.42. The van der Waals surface area contributed by atoms with E-state index in [0.29, 0.717) is 6.42 Å². The van der Waals surface area contributed by atoms with E-state index in [0.717, 1.165) is 5.56 Å². The third kappa shape index (κ3) is 3.31. The lowest BCUT2D eigenvalue weighted by molar-refractivity contribution is -0.384. The second-order valence-corrected chi connectivity index (χ2v) is 5.01. The molecule has 0 spiro atoms. The van der Waals surface area contributed by atoms with Crippen LogP contribution in [0.1, 0.15) is 26.3 Å². The van der Waals surface area contributed by atoms with Gasteiger partial charge in [-0.1, -0.05) is 32.9 Å². The minimum atomic E-state index is -0.450. The van der Waals surface area contributed by atoms with Gasteiger partial charge in [0, 0.05) is 12.1 Å². The van der Waals surface area contributed by atoms with Crippen LogP contribution in [0.5, 0.6) is 0 Å². The standard InChI is InChI=1S/C12H17NO3/c1-12(2,3)11(14)8-9-4-6-10(7-5-9)13(15)16/h4-7,11,14H,8H2,1-3H3/t11-/m0/s1. The van der Waals surface area contributed by atoms with Gasteiger partial charge in [0.2, 0.25) is 0 Å². The number of non-ortho nitro benzene ring substituents is 1. The van der Waals surface area contributed by atoms with Gasteiger partial charge in [0.05, 0.1) is 11.0 Å². The van der Waals surface area contributed by atoms with Crippen LogP contribution in [-0.4, -0.2) is 16.1 Å². The van der Waals surface area contributed by atoms with Gasteiger partial charge in [-0.05, 0) is 17.4 Å². The Morgan fingerprint density at radius 3 is 2.19 bits per heavy atom. The highest BCUT2D eigenvalue weighted by molar-refractivity contribution is 5.33. The third-order valence-electron chi connectivity index (χ3n) is 2.58.